The highest BCUT2D eigenvalue weighted by Gasteiger charge is 2.21. The van der Waals surface area contributed by atoms with Crippen molar-refractivity contribution in [3.63, 3.8) is 0 Å². The van der Waals surface area contributed by atoms with Crippen LogP contribution < -0.4 is 4.90 Å². The third-order valence-corrected chi connectivity index (χ3v) is 10.8. The molecule has 0 saturated carbocycles. The lowest BCUT2D eigenvalue weighted by molar-refractivity contribution is 1.18. The summed E-state index contributed by atoms with van der Waals surface area (Å²) in [5.41, 5.74) is 16.4. The molecule has 0 saturated heterocycles. The third kappa shape index (κ3) is 6.04. The van der Waals surface area contributed by atoms with Gasteiger partial charge in [-0.2, -0.15) is 0 Å². The van der Waals surface area contributed by atoms with E-state index in [-0.39, 0.29) is 0 Å². The van der Waals surface area contributed by atoms with Crippen molar-refractivity contribution in [2.24, 2.45) is 0 Å². The summed E-state index contributed by atoms with van der Waals surface area (Å²) in [6.07, 6.45) is 0. The molecule has 2 nitrogen and oxygen atoms in total. The smallest absolute Gasteiger partial charge is 0.0547 e. The van der Waals surface area contributed by atoms with E-state index in [1.807, 2.05) is 0 Å². The average Bonchev–Trinajstić information content (AvgIpc) is 3.63. The highest BCUT2D eigenvalue weighted by atomic mass is 15.1. The van der Waals surface area contributed by atoms with Crippen molar-refractivity contribution in [3.05, 3.63) is 231 Å². The lowest BCUT2D eigenvalue weighted by Gasteiger charge is -2.26. The van der Waals surface area contributed by atoms with Crippen LogP contribution in [-0.4, -0.2) is 4.57 Å². The molecule has 0 N–H and O–H groups in total. The molecule has 0 bridgehead atoms. The maximum atomic E-state index is 2.42. The largest absolute Gasteiger partial charge is 0.310 e. The SMILES string of the molecule is c1ccc(-c2ccc(N(c3ccc(-c4ccccc4)cc3)c3cccc(-c4cccc5c4c4c(-c6ccccc6)cccc4n5-c4ccccc4)c3)cc2)cc1. The molecule has 9 aromatic carbocycles. The predicted molar refractivity (Wildman–Crippen MR) is 237 cm³/mol. The van der Waals surface area contributed by atoms with E-state index < -0.39 is 0 Å². The van der Waals surface area contributed by atoms with Crippen LogP contribution in [0.4, 0.5) is 17.1 Å². The van der Waals surface area contributed by atoms with E-state index in [4.69, 9.17) is 0 Å². The maximum absolute atomic E-state index is 2.42. The van der Waals surface area contributed by atoms with Gasteiger partial charge >= 0.3 is 0 Å². The topological polar surface area (TPSA) is 8.17 Å². The second-order valence-corrected chi connectivity index (χ2v) is 14.1. The van der Waals surface area contributed by atoms with Crippen LogP contribution in [0.5, 0.6) is 0 Å². The molecular formula is C54H38N2. The summed E-state index contributed by atoms with van der Waals surface area (Å²) in [6.45, 7) is 0. The molecule has 264 valence electrons. The Kier molecular flexibility index (Phi) is 8.55. The van der Waals surface area contributed by atoms with Gasteiger partial charge in [0.05, 0.1) is 11.0 Å². The van der Waals surface area contributed by atoms with E-state index >= 15 is 0 Å². The summed E-state index contributed by atoms with van der Waals surface area (Å²) in [5.74, 6) is 0. The number of rotatable bonds is 8. The zero-order chi connectivity index (χ0) is 37.3. The van der Waals surface area contributed by atoms with E-state index in [1.54, 1.807) is 0 Å². The first-order chi connectivity index (χ1) is 27.8. The lowest BCUT2D eigenvalue weighted by Crippen LogP contribution is -2.10. The van der Waals surface area contributed by atoms with Gasteiger partial charge in [-0.3, -0.25) is 0 Å². The fraction of sp³-hybridized carbons (Fsp3) is 0. The molecule has 10 rings (SSSR count). The fourth-order valence-electron chi connectivity index (χ4n) is 8.19. The van der Waals surface area contributed by atoms with Crippen molar-refractivity contribution in [1.29, 1.82) is 0 Å². The highest BCUT2D eigenvalue weighted by molar-refractivity contribution is 6.20. The summed E-state index contributed by atoms with van der Waals surface area (Å²) in [7, 11) is 0. The molecule has 1 heterocycles. The first kappa shape index (κ1) is 33.2. The Balaban J connectivity index is 1.16. The minimum absolute atomic E-state index is 1.09. The van der Waals surface area contributed by atoms with Gasteiger partial charge in [0.25, 0.3) is 0 Å². The van der Waals surface area contributed by atoms with Crippen LogP contribution in [-0.2, 0) is 0 Å². The van der Waals surface area contributed by atoms with E-state index in [2.05, 4.69) is 240 Å². The Hall–Kier alpha value is -7.42. The van der Waals surface area contributed by atoms with Crippen molar-refractivity contribution in [1.82, 2.24) is 4.57 Å². The zero-order valence-electron chi connectivity index (χ0n) is 30.8. The number of hydrogen-bond donors (Lipinski definition) is 0. The number of anilines is 3. The molecule has 0 amide bonds. The Labute approximate surface area is 327 Å². The molecule has 1 aromatic heterocycles. The molecule has 0 spiro atoms. The van der Waals surface area contributed by atoms with Gasteiger partial charge in [-0.25, -0.2) is 0 Å². The van der Waals surface area contributed by atoms with Gasteiger partial charge in [0.15, 0.2) is 0 Å². The molecule has 0 unspecified atom stereocenters. The first-order valence-corrected chi connectivity index (χ1v) is 19.2. The van der Waals surface area contributed by atoms with E-state index in [1.165, 1.54) is 60.8 Å². The Bertz CT molecular complexity index is 2830. The van der Waals surface area contributed by atoms with Crippen molar-refractivity contribution in [2.45, 2.75) is 0 Å². The molecule has 10 aromatic rings. The van der Waals surface area contributed by atoms with Gasteiger partial charge in [0.2, 0.25) is 0 Å². The Morgan fingerprint density at radius 1 is 0.268 bits per heavy atom. The minimum Gasteiger partial charge on any atom is -0.310 e. The maximum Gasteiger partial charge on any atom is 0.0547 e. The number of nitrogens with zero attached hydrogens (tertiary/aromatic N) is 2. The summed E-state index contributed by atoms with van der Waals surface area (Å²) < 4.78 is 2.42. The summed E-state index contributed by atoms with van der Waals surface area (Å²) in [6, 6.07) is 83.0. The van der Waals surface area contributed by atoms with Crippen LogP contribution >= 0.6 is 0 Å². The van der Waals surface area contributed by atoms with Crippen molar-refractivity contribution in [2.75, 3.05) is 4.90 Å². The zero-order valence-corrected chi connectivity index (χ0v) is 30.8. The average molecular weight is 715 g/mol. The van der Waals surface area contributed by atoms with Gasteiger partial charge in [-0.1, -0.05) is 170 Å². The molecular weight excluding hydrogens is 677 g/mol. The second kappa shape index (κ2) is 14.4. The Morgan fingerprint density at radius 3 is 1.16 bits per heavy atom. The minimum atomic E-state index is 1.09. The molecule has 0 atom stereocenters. The van der Waals surface area contributed by atoms with Gasteiger partial charge in [0.1, 0.15) is 0 Å². The molecule has 0 fully saturated rings. The molecule has 0 aliphatic carbocycles. The fourth-order valence-corrected chi connectivity index (χ4v) is 8.19. The molecule has 56 heavy (non-hydrogen) atoms. The van der Waals surface area contributed by atoms with E-state index in [0.717, 1.165) is 28.3 Å². The molecule has 0 aliphatic heterocycles. The lowest BCUT2D eigenvalue weighted by atomic mass is 9.94. The Morgan fingerprint density at radius 2 is 0.661 bits per heavy atom. The molecule has 2 heteroatoms. The van der Waals surface area contributed by atoms with Crippen molar-refractivity contribution in [3.8, 4) is 50.2 Å². The monoisotopic (exact) mass is 714 g/mol. The van der Waals surface area contributed by atoms with E-state index in [0.29, 0.717) is 0 Å². The molecule has 0 aliphatic rings. The quantitative estimate of drug-likeness (QED) is 0.152. The number of fused-ring (bicyclic) bond motifs is 3. The van der Waals surface area contributed by atoms with Crippen molar-refractivity contribution >= 4 is 38.9 Å². The van der Waals surface area contributed by atoms with Crippen LogP contribution in [0.1, 0.15) is 0 Å². The van der Waals surface area contributed by atoms with Crippen LogP contribution in [0.25, 0.3) is 72.0 Å². The second-order valence-electron chi connectivity index (χ2n) is 14.1. The summed E-state index contributed by atoms with van der Waals surface area (Å²) in [5, 5.41) is 2.50. The van der Waals surface area contributed by atoms with Crippen molar-refractivity contribution < 1.29 is 0 Å². The van der Waals surface area contributed by atoms with Gasteiger partial charge < -0.3 is 9.47 Å². The van der Waals surface area contributed by atoms with Gasteiger partial charge in [-0.15, -0.1) is 0 Å². The predicted octanol–water partition coefficient (Wildman–Crippen LogP) is 14.9. The number of aromatic nitrogens is 1. The van der Waals surface area contributed by atoms with E-state index in [9.17, 15) is 0 Å². The number of hydrogen-bond acceptors (Lipinski definition) is 1. The number of benzene rings is 9. The standard InChI is InChI=1S/C54H38N2/c1-5-16-39(17-6-1)41-30-34-46(35-31-41)55(47-36-32-42(33-37-47)40-18-7-2-8-19-40)48-25-13-22-44(38-48)50-27-15-29-52-54(50)53-49(43-20-9-3-10-21-43)26-14-28-51(53)56(52)45-23-11-4-12-24-45/h1-38H. The number of para-hydroxylation sites is 1. The highest BCUT2D eigenvalue weighted by Crippen LogP contribution is 2.44. The van der Waals surface area contributed by atoms with Crippen LogP contribution in [0.3, 0.4) is 0 Å². The first-order valence-electron chi connectivity index (χ1n) is 19.2. The summed E-state index contributed by atoms with van der Waals surface area (Å²) in [4.78, 5) is 2.37. The third-order valence-electron chi connectivity index (χ3n) is 10.8. The van der Waals surface area contributed by atoms with Gasteiger partial charge in [-0.05, 0) is 105 Å². The molecule has 0 radical (unpaired) electrons. The van der Waals surface area contributed by atoms with Gasteiger partial charge in [0, 0.05) is 33.5 Å². The normalized spacial score (nSPS) is 11.2. The van der Waals surface area contributed by atoms with Crippen LogP contribution in [0.15, 0.2) is 231 Å². The summed E-state index contributed by atoms with van der Waals surface area (Å²) >= 11 is 0. The van der Waals surface area contributed by atoms with Crippen LogP contribution in [0.2, 0.25) is 0 Å². The van der Waals surface area contributed by atoms with Crippen LogP contribution in [0, 0.1) is 0 Å².